The first-order chi connectivity index (χ1) is 15.2. The van der Waals surface area contributed by atoms with Crippen molar-refractivity contribution in [1.29, 1.82) is 0 Å². The van der Waals surface area contributed by atoms with E-state index in [-0.39, 0.29) is 12.0 Å². The van der Waals surface area contributed by atoms with E-state index in [1.54, 1.807) is 14.2 Å². The number of pyridine rings is 1. The van der Waals surface area contributed by atoms with Gasteiger partial charge in [0.05, 0.1) is 19.8 Å². The summed E-state index contributed by atoms with van der Waals surface area (Å²) in [7, 11) is 3.37. The predicted molar refractivity (Wildman–Crippen MR) is 119 cm³/mol. The van der Waals surface area contributed by atoms with Crippen molar-refractivity contribution in [2.45, 2.75) is 51.0 Å². The molecule has 7 nitrogen and oxygen atoms in total. The average Bonchev–Trinajstić information content (AvgIpc) is 3.48. The van der Waals surface area contributed by atoms with Crippen molar-refractivity contribution in [2.75, 3.05) is 60.2 Å². The number of methoxy groups -OCH3 is 2. The minimum atomic E-state index is 0.0383. The van der Waals surface area contributed by atoms with Crippen LogP contribution in [0.2, 0.25) is 0 Å². The lowest BCUT2D eigenvalue weighted by Crippen LogP contribution is -2.44. The van der Waals surface area contributed by atoms with Crippen molar-refractivity contribution in [3.8, 4) is 5.88 Å². The van der Waals surface area contributed by atoms with Gasteiger partial charge in [0.1, 0.15) is 5.56 Å². The van der Waals surface area contributed by atoms with E-state index in [0.717, 1.165) is 90.0 Å². The number of carbonyl (C=O) groups excluding carboxylic acids is 1. The molecule has 1 aliphatic carbocycles. The summed E-state index contributed by atoms with van der Waals surface area (Å²) in [5.74, 6) is 1.02. The van der Waals surface area contributed by atoms with E-state index in [0.29, 0.717) is 23.9 Å². The molecule has 3 aliphatic rings. The zero-order valence-corrected chi connectivity index (χ0v) is 19.1. The van der Waals surface area contributed by atoms with Crippen LogP contribution in [0.25, 0.3) is 0 Å². The molecule has 1 amide bonds. The van der Waals surface area contributed by atoms with Crippen LogP contribution >= 0.6 is 0 Å². The molecule has 0 spiro atoms. The maximum absolute atomic E-state index is 13.7. The first-order valence-electron chi connectivity index (χ1n) is 11.9. The van der Waals surface area contributed by atoms with Gasteiger partial charge >= 0.3 is 0 Å². The lowest BCUT2D eigenvalue weighted by atomic mass is 9.95. The summed E-state index contributed by atoms with van der Waals surface area (Å²) in [6.45, 7) is 6.13. The van der Waals surface area contributed by atoms with E-state index in [4.69, 9.17) is 14.2 Å². The summed E-state index contributed by atoms with van der Waals surface area (Å²) >= 11 is 0. The molecule has 0 saturated carbocycles. The molecule has 1 atom stereocenters. The Morgan fingerprint density at radius 1 is 1.19 bits per heavy atom. The second-order valence-corrected chi connectivity index (χ2v) is 9.13. The summed E-state index contributed by atoms with van der Waals surface area (Å²) in [6, 6.07) is 2.03. The fourth-order valence-electron chi connectivity index (χ4n) is 5.13. The van der Waals surface area contributed by atoms with E-state index >= 15 is 0 Å². The van der Waals surface area contributed by atoms with Crippen LogP contribution in [-0.2, 0) is 22.3 Å². The standard InChI is InChI=1S/C24H37N3O4/c1-29-14-12-26-10-8-18(9-11-26)16-27(17-20-6-4-13-31-20)24(28)21-15-19-5-3-7-22(19)25-23(21)30-2/h15,18,20H,3-14,16-17H2,1-2H3/t20-/m1/s1. The average molecular weight is 432 g/mol. The van der Waals surface area contributed by atoms with E-state index in [2.05, 4.69) is 9.88 Å². The maximum atomic E-state index is 13.7. The lowest BCUT2D eigenvalue weighted by Gasteiger charge is -2.35. The third-order valence-electron chi connectivity index (χ3n) is 6.97. The second-order valence-electron chi connectivity index (χ2n) is 9.13. The minimum absolute atomic E-state index is 0.0383. The van der Waals surface area contributed by atoms with Gasteiger partial charge in [-0.2, -0.15) is 0 Å². The van der Waals surface area contributed by atoms with E-state index < -0.39 is 0 Å². The summed E-state index contributed by atoms with van der Waals surface area (Å²) in [5.41, 5.74) is 2.90. The normalized spacial score (nSPS) is 21.9. The molecule has 0 aromatic carbocycles. The number of hydrogen-bond donors (Lipinski definition) is 0. The number of aromatic nitrogens is 1. The van der Waals surface area contributed by atoms with Gasteiger partial charge in [-0.15, -0.1) is 0 Å². The highest BCUT2D eigenvalue weighted by Crippen LogP contribution is 2.29. The molecular weight excluding hydrogens is 394 g/mol. The van der Waals surface area contributed by atoms with Crippen molar-refractivity contribution in [1.82, 2.24) is 14.8 Å². The predicted octanol–water partition coefficient (Wildman–Crippen LogP) is 2.56. The Morgan fingerprint density at radius 2 is 2.03 bits per heavy atom. The number of nitrogens with zero attached hydrogens (tertiary/aromatic N) is 3. The Labute approximate surface area is 186 Å². The largest absolute Gasteiger partial charge is 0.480 e. The summed E-state index contributed by atoms with van der Waals surface area (Å²) in [4.78, 5) is 22.9. The lowest BCUT2D eigenvalue weighted by molar-refractivity contribution is 0.0434. The number of rotatable bonds is 9. The Bertz CT molecular complexity index is 743. The van der Waals surface area contributed by atoms with Crippen LogP contribution in [0.3, 0.4) is 0 Å². The summed E-state index contributed by atoms with van der Waals surface area (Å²) in [6.07, 6.45) is 7.54. The van der Waals surface area contributed by atoms with Gasteiger partial charge in [-0.1, -0.05) is 0 Å². The van der Waals surface area contributed by atoms with Crippen molar-refractivity contribution >= 4 is 5.91 Å². The van der Waals surface area contributed by atoms with Gasteiger partial charge in [0, 0.05) is 39.0 Å². The Balaban J connectivity index is 1.47. The molecule has 31 heavy (non-hydrogen) atoms. The monoisotopic (exact) mass is 431 g/mol. The molecule has 2 fully saturated rings. The Kier molecular flexibility index (Phi) is 7.80. The quantitative estimate of drug-likeness (QED) is 0.599. The maximum Gasteiger partial charge on any atom is 0.259 e. The molecule has 0 radical (unpaired) electrons. The summed E-state index contributed by atoms with van der Waals surface area (Å²) < 4.78 is 16.7. The van der Waals surface area contributed by atoms with Gasteiger partial charge in [0.2, 0.25) is 5.88 Å². The van der Waals surface area contributed by atoms with Gasteiger partial charge in [-0.3, -0.25) is 4.79 Å². The van der Waals surface area contributed by atoms with E-state index in [1.165, 1.54) is 5.56 Å². The topological polar surface area (TPSA) is 64.1 Å². The number of likely N-dealkylation sites (tertiary alicyclic amines) is 1. The van der Waals surface area contributed by atoms with Crippen LogP contribution in [-0.4, -0.2) is 87.0 Å². The van der Waals surface area contributed by atoms with Crippen LogP contribution in [0.5, 0.6) is 5.88 Å². The smallest absolute Gasteiger partial charge is 0.259 e. The molecule has 2 aliphatic heterocycles. The number of carbonyl (C=O) groups is 1. The highest BCUT2D eigenvalue weighted by Gasteiger charge is 2.30. The molecule has 2 saturated heterocycles. The molecule has 1 aromatic rings. The van der Waals surface area contributed by atoms with Crippen molar-refractivity contribution in [3.63, 3.8) is 0 Å². The number of aryl methyl sites for hydroxylation is 2. The third kappa shape index (κ3) is 5.57. The van der Waals surface area contributed by atoms with Crippen molar-refractivity contribution in [3.05, 3.63) is 22.9 Å². The van der Waals surface area contributed by atoms with Crippen molar-refractivity contribution < 1.29 is 19.0 Å². The zero-order valence-electron chi connectivity index (χ0n) is 19.1. The van der Waals surface area contributed by atoms with E-state index in [1.807, 2.05) is 11.0 Å². The number of fused-ring (bicyclic) bond motifs is 1. The van der Waals surface area contributed by atoms with Crippen LogP contribution in [0.1, 0.15) is 53.7 Å². The SMILES string of the molecule is COCCN1CCC(CN(C[C@H]2CCCO2)C(=O)c2cc3c(nc2OC)CCC3)CC1. The Hall–Kier alpha value is -1.70. The van der Waals surface area contributed by atoms with Crippen LogP contribution in [0.4, 0.5) is 0 Å². The van der Waals surface area contributed by atoms with Crippen LogP contribution < -0.4 is 4.74 Å². The molecule has 7 heteroatoms. The molecule has 1 aromatic heterocycles. The highest BCUT2D eigenvalue weighted by molar-refractivity contribution is 5.96. The second kappa shape index (κ2) is 10.7. The first kappa shape index (κ1) is 22.5. The Morgan fingerprint density at radius 3 is 2.74 bits per heavy atom. The first-order valence-corrected chi connectivity index (χ1v) is 11.9. The zero-order chi connectivity index (χ0) is 21.6. The van der Waals surface area contributed by atoms with Gasteiger partial charge in [-0.25, -0.2) is 4.98 Å². The van der Waals surface area contributed by atoms with Gasteiger partial charge in [0.25, 0.3) is 5.91 Å². The molecule has 172 valence electrons. The molecule has 0 N–H and O–H groups in total. The number of hydrogen-bond acceptors (Lipinski definition) is 6. The molecule has 0 unspecified atom stereocenters. The number of amides is 1. The fourth-order valence-corrected chi connectivity index (χ4v) is 5.13. The van der Waals surface area contributed by atoms with Crippen LogP contribution in [0.15, 0.2) is 6.07 Å². The molecule has 3 heterocycles. The molecule has 0 bridgehead atoms. The molecule has 4 rings (SSSR count). The van der Waals surface area contributed by atoms with Crippen LogP contribution in [0, 0.1) is 5.92 Å². The van der Waals surface area contributed by atoms with Crippen molar-refractivity contribution in [2.24, 2.45) is 5.92 Å². The van der Waals surface area contributed by atoms with Gasteiger partial charge < -0.3 is 24.0 Å². The van der Waals surface area contributed by atoms with E-state index in [9.17, 15) is 4.79 Å². The third-order valence-corrected chi connectivity index (χ3v) is 6.97. The number of ether oxygens (including phenoxy) is 3. The minimum Gasteiger partial charge on any atom is -0.480 e. The summed E-state index contributed by atoms with van der Waals surface area (Å²) in [5, 5.41) is 0. The van der Waals surface area contributed by atoms with Gasteiger partial charge in [0.15, 0.2) is 0 Å². The fraction of sp³-hybridized carbons (Fsp3) is 0.750. The van der Waals surface area contributed by atoms with Gasteiger partial charge in [-0.05, 0) is 75.6 Å². The molecular formula is C24H37N3O4. The number of piperidine rings is 1. The highest BCUT2D eigenvalue weighted by atomic mass is 16.5.